The maximum Gasteiger partial charge on any atom is 0.319 e. The molecule has 7 heteroatoms. The molecule has 0 amide bonds. The van der Waals surface area contributed by atoms with E-state index in [1.54, 1.807) is 0 Å². The Bertz CT molecular complexity index is 238. The van der Waals surface area contributed by atoms with Crippen molar-refractivity contribution in [3.05, 3.63) is 0 Å². The standard InChI is InChI=1S/C2N3S3.ClH/c3-1-2(4-8-3)7-5-6-1;/h;1H/q+1;/p-1. The van der Waals surface area contributed by atoms with Crippen molar-refractivity contribution >= 4 is 44.5 Å². The van der Waals surface area contributed by atoms with E-state index in [1.165, 1.54) is 34.8 Å². The highest BCUT2D eigenvalue weighted by atomic mass is 35.5. The van der Waals surface area contributed by atoms with Gasteiger partial charge >= 0.3 is 9.66 Å². The van der Waals surface area contributed by atoms with Crippen molar-refractivity contribution < 1.29 is 12.4 Å². The highest BCUT2D eigenvalue weighted by Gasteiger charge is 2.11. The average Bonchev–Trinajstić information content (AvgIpc) is 2.15. The molecule has 0 saturated heterocycles. The summed E-state index contributed by atoms with van der Waals surface area (Å²) in [7, 11) is 0. The van der Waals surface area contributed by atoms with Gasteiger partial charge in [-0.1, -0.05) is 0 Å². The first-order chi connectivity index (χ1) is 3.97. The number of hydrogen-bond donors (Lipinski definition) is 0. The van der Waals surface area contributed by atoms with Gasteiger partial charge in [-0.25, -0.2) is 0 Å². The van der Waals surface area contributed by atoms with Crippen LogP contribution < -0.4 is 12.4 Å². The Kier molecular flexibility index (Phi) is 2.23. The van der Waals surface area contributed by atoms with Crippen LogP contribution in [0, 0.1) is 0 Å². The van der Waals surface area contributed by atoms with Gasteiger partial charge in [-0.15, -0.1) is 8.75 Å². The number of fused-ring (bicyclic) bond motifs is 1. The van der Waals surface area contributed by atoms with Gasteiger partial charge in [-0.05, 0) is 0 Å². The van der Waals surface area contributed by atoms with Gasteiger partial charge in [0.25, 0.3) is 0 Å². The van der Waals surface area contributed by atoms with Crippen LogP contribution in [-0.2, 0) is 0 Å². The van der Waals surface area contributed by atoms with E-state index in [-0.39, 0.29) is 12.4 Å². The molecule has 48 valence electrons. The van der Waals surface area contributed by atoms with E-state index >= 15 is 0 Å². The van der Waals surface area contributed by atoms with Gasteiger partial charge in [-0.2, -0.15) is 0 Å². The Balaban J connectivity index is 0.000000405. The van der Waals surface area contributed by atoms with Crippen LogP contribution in [0.15, 0.2) is 0 Å². The van der Waals surface area contributed by atoms with Crippen molar-refractivity contribution in [3.63, 3.8) is 0 Å². The molecule has 0 saturated carbocycles. The molecule has 2 aromatic heterocycles. The van der Waals surface area contributed by atoms with Gasteiger partial charge in [0.05, 0.1) is 15.5 Å². The van der Waals surface area contributed by atoms with Gasteiger partial charge in [0.15, 0.2) is 0 Å². The maximum absolute atomic E-state index is 3.98. The first-order valence-electron chi connectivity index (χ1n) is 1.84. The van der Waals surface area contributed by atoms with E-state index < -0.39 is 0 Å². The molecule has 0 atom stereocenters. The third-order valence-electron chi connectivity index (χ3n) is 0.678. The summed E-state index contributed by atoms with van der Waals surface area (Å²) in [5.41, 5.74) is 0. The lowest BCUT2D eigenvalue weighted by atomic mass is 10.9. The Morgan fingerprint density at radius 2 is 2.22 bits per heavy atom. The molecule has 0 bridgehead atoms. The summed E-state index contributed by atoms with van der Waals surface area (Å²) >= 11 is 4.04. The van der Waals surface area contributed by atoms with Gasteiger partial charge in [-0.3, -0.25) is 0 Å². The minimum absolute atomic E-state index is 0. The Hall–Kier alpha value is 0.0900. The minimum Gasteiger partial charge on any atom is -1.00 e. The van der Waals surface area contributed by atoms with E-state index in [2.05, 4.69) is 12.5 Å². The predicted octanol–water partition coefficient (Wildman–Crippen LogP) is -1.51. The van der Waals surface area contributed by atoms with E-state index in [4.69, 9.17) is 0 Å². The lowest BCUT2D eigenvalue weighted by Crippen LogP contribution is -3.00. The molecule has 0 spiro atoms. The molecule has 0 aliphatic rings. The summed E-state index contributed by atoms with van der Waals surface area (Å²) in [6.45, 7) is 0. The van der Waals surface area contributed by atoms with Crippen LogP contribution in [0.1, 0.15) is 0 Å². The van der Waals surface area contributed by atoms with Crippen molar-refractivity contribution in [2.75, 3.05) is 0 Å². The molecule has 2 heterocycles. The van der Waals surface area contributed by atoms with Crippen molar-refractivity contribution in [2.45, 2.75) is 0 Å². The highest BCUT2D eigenvalue weighted by Crippen LogP contribution is 2.18. The second-order valence-corrected chi connectivity index (χ2v) is 3.39. The summed E-state index contributed by atoms with van der Waals surface area (Å²) in [5.74, 6) is 0. The Labute approximate surface area is 69.4 Å². The fourth-order valence-electron chi connectivity index (χ4n) is 0.373. The minimum atomic E-state index is 0. The quantitative estimate of drug-likeness (QED) is 0.483. The number of hydrogen-bond acceptors (Lipinski definition) is 5. The van der Waals surface area contributed by atoms with Crippen LogP contribution >= 0.6 is 34.8 Å². The molecule has 2 rings (SSSR count). The van der Waals surface area contributed by atoms with Gasteiger partial charge in [0, 0.05) is 0 Å². The number of aromatic nitrogens is 3. The molecule has 0 unspecified atom stereocenters. The predicted molar refractivity (Wildman–Crippen MR) is 35.4 cm³/mol. The fraction of sp³-hybridized carbons (Fsp3) is 0. The molecule has 9 heavy (non-hydrogen) atoms. The van der Waals surface area contributed by atoms with E-state index in [0.29, 0.717) is 0 Å². The van der Waals surface area contributed by atoms with Crippen LogP contribution in [-0.4, -0.2) is 12.5 Å². The SMILES string of the molecule is [Cl-].n1sc2nsnc2[s+]1. The largest absolute Gasteiger partial charge is 1.00 e. The van der Waals surface area contributed by atoms with Crippen molar-refractivity contribution in [1.29, 1.82) is 0 Å². The van der Waals surface area contributed by atoms with Crippen LogP contribution in [0.25, 0.3) is 9.66 Å². The fourth-order valence-corrected chi connectivity index (χ4v) is 2.50. The molecule has 0 fully saturated rings. The average molecular weight is 198 g/mol. The number of rotatable bonds is 0. The van der Waals surface area contributed by atoms with Crippen molar-refractivity contribution in [3.8, 4) is 0 Å². The first-order valence-corrected chi connectivity index (χ1v) is 4.11. The van der Waals surface area contributed by atoms with E-state index in [9.17, 15) is 0 Å². The van der Waals surface area contributed by atoms with Crippen LogP contribution in [0.3, 0.4) is 0 Å². The highest BCUT2D eigenvalue weighted by molar-refractivity contribution is 7.30. The molecule has 2 aromatic rings. The summed E-state index contributed by atoms with van der Waals surface area (Å²) < 4.78 is 11.9. The van der Waals surface area contributed by atoms with Crippen LogP contribution in [0.2, 0.25) is 0 Å². The molecular formula is C2ClN3S3. The molecular weight excluding hydrogens is 198 g/mol. The lowest BCUT2D eigenvalue weighted by Gasteiger charge is -1.42. The maximum atomic E-state index is 3.98. The van der Waals surface area contributed by atoms with Gasteiger partial charge in [0.1, 0.15) is 0 Å². The second kappa shape index (κ2) is 2.78. The van der Waals surface area contributed by atoms with Crippen LogP contribution in [0.5, 0.6) is 0 Å². The Morgan fingerprint density at radius 3 is 3.00 bits per heavy atom. The summed E-state index contributed by atoms with van der Waals surface area (Å²) in [6.07, 6.45) is 0. The normalized spacial score (nSPS) is 9.33. The third-order valence-corrected chi connectivity index (χ3v) is 3.08. The topological polar surface area (TPSA) is 38.7 Å². The number of nitrogens with zero attached hydrogens (tertiary/aromatic N) is 3. The third kappa shape index (κ3) is 1.16. The lowest BCUT2D eigenvalue weighted by molar-refractivity contribution is -0.00000163. The number of halogens is 1. The second-order valence-electron chi connectivity index (χ2n) is 1.13. The van der Waals surface area contributed by atoms with Crippen LogP contribution in [0.4, 0.5) is 0 Å². The van der Waals surface area contributed by atoms with E-state index in [0.717, 1.165) is 9.66 Å². The zero-order valence-corrected chi connectivity index (χ0v) is 7.15. The Morgan fingerprint density at radius 1 is 1.33 bits per heavy atom. The molecule has 0 aromatic carbocycles. The van der Waals surface area contributed by atoms with E-state index in [1.807, 2.05) is 0 Å². The van der Waals surface area contributed by atoms with Gasteiger partial charge < -0.3 is 12.4 Å². The summed E-state index contributed by atoms with van der Waals surface area (Å²) in [5, 5.41) is 0. The molecule has 3 nitrogen and oxygen atoms in total. The van der Waals surface area contributed by atoms with Gasteiger partial charge in [0.2, 0.25) is 23.1 Å². The molecule has 0 aliphatic heterocycles. The first kappa shape index (κ1) is 7.20. The summed E-state index contributed by atoms with van der Waals surface area (Å²) in [4.78, 5) is 1.92. The van der Waals surface area contributed by atoms with Crippen molar-refractivity contribution in [2.24, 2.45) is 0 Å². The van der Waals surface area contributed by atoms with Crippen molar-refractivity contribution in [1.82, 2.24) is 12.5 Å². The smallest absolute Gasteiger partial charge is 0.319 e. The zero-order valence-electron chi connectivity index (χ0n) is 3.94. The summed E-state index contributed by atoms with van der Waals surface area (Å²) in [6, 6.07) is 0. The molecule has 0 radical (unpaired) electrons. The molecule has 0 aliphatic carbocycles. The molecule has 0 N–H and O–H groups in total. The monoisotopic (exact) mass is 197 g/mol. The zero-order chi connectivity index (χ0) is 5.40.